The first kappa shape index (κ1) is 11.6. The second-order valence-corrected chi connectivity index (χ2v) is 4.45. The van der Waals surface area contributed by atoms with E-state index in [1.807, 2.05) is 0 Å². The smallest absolute Gasteiger partial charge is 0.337 e. The van der Waals surface area contributed by atoms with Crippen LogP contribution in [0, 0.1) is 22.7 Å². The molecule has 2 atom stereocenters. The van der Waals surface area contributed by atoms with Crippen LogP contribution in [0.5, 0.6) is 0 Å². The molecule has 0 radical (unpaired) electrons. The number of nitriles is 1. The first-order valence-electron chi connectivity index (χ1n) is 5.51. The van der Waals surface area contributed by atoms with E-state index in [1.165, 1.54) is 7.11 Å². The minimum atomic E-state index is -1.13. The molecule has 0 saturated heterocycles. The zero-order chi connectivity index (χ0) is 12.6. The number of aliphatic hydroxyl groups excluding tert-OH is 1. The van der Waals surface area contributed by atoms with Crippen LogP contribution in [0.4, 0.5) is 0 Å². The summed E-state index contributed by atoms with van der Waals surface area (Å²) in [5.74, 6) is -1.32. The van der Waals surface area contributed by atoms with Gasteiger partial charge in [-0.2, -0.15) is 5.26 Å². The van der Waals surface area contributed by atoms with Gasteiger partial charge >= 0.3 is 5.97 Å². The molecule has 5 heteroatoms. The summed E-state index contributed by atoms with van der Waals surface area (Å²) in [4.78, 5) is 23.5. The van der Waals surface area contributed by atoms with Crippen molar-refractivity contribution in [3.63, 3.8) is 0 Å². The van der Waals surface area contributed by atoms with E-state index < -0.39 is 17.3 Å². The number of rotatable bonds is 1. The Morgan fingerprint density at radius 3 is 2.88 bits per heavy atom. The second kappa shape index (κ2) is 3.88. The molecule has 1 saturated carbocycles. The van der Waals surface area contributed by atoms with Gasteiger partial charge in [-0.25, -0.2) is 4.79 Å². The number of Topliss-reactive ketones (excluding diaryl/α,β-unsaturated/α-hetero) is 1. The first-order chi connectivity index (χ1) is 8.06. The van der Waals surface area contributed by atoms with Crippen LogP contribution in [-0.4, -0.2) is 24.0 Å². The quantitative estimate of drug-likeness (QED) is 0.691. The molecule has 2 unspecified atom stereocenters. The normalized spacial score (nSPS) is 32.0. The SMILES string of the molecule is COC(=O)C1=C(O)CCC2(C#N)C(=O)CCC12. The number of carbonyl (C=O) groups excluding carboxylic acids is 2. The summed E-state index contributed by atoms with van der Waals surface area (Å²) in [6.45, 7) is 0. The molecule has 0 spiro atoms. The number of hydrogen-bond donors (Lipinski definition) is 1. The number of ketones is 1. The number of nitrogens with zero attached hydrogens (tertiary/aromatic N) is 1. The van der Waals surface area contributed by atoms with Crippen LogP contribution >= 0.6 is 0 Å². The van der Waals surface area contributed by atoms with Crippen molar-refractivity contribution in [3.8, 4) is 6.07 Å². The largest absolute Gasteiger partial charge is 0.512 e. The molecule has 0 aromatic carbocycles. The molecule has 5 nitrogen and oxygen atoms in total. The highest BCUT2D eigenvalue weighted by molar-refractivity contribution is 5.97. The van der Waals surface area contributed by atoms with Crippen molar-refractivity contribution in [2.45, 2.75) is 25.7 Å². The monoisotopic (exact) mass is 235 g/mol. The molecular formula is C12H13NO4. The molecule has 1 N–H and O–H groups in total. The van der Waals surface area contributed by atoms with Crippen molar-refractivity contribution in [2.24, 2.45) is 11.3 Å². The molecule has 0 aliphatic heterocycles. The van der Waals surface area contributed by atoms with Crippen LogP contribution in [0.3, 0.4) is 0 Å². The van der Waals surface area contributed by atoms with E-state index in [1.54, 1.807) is 0 Å². The lowest BCUT2D eigenvalue weighted by molar-refractivity contribution is -0.137. The van der Waals surface area contributed by atoms with Crippen molar-refractivity contribution >= 4 is 11.8 Å². The number of aliphatic hydroxyl groups is 1. The highest BCUT2D eigenvalue weighted by Crippen LogP contribution is 2.51. The zero-order valence-corrected chi connectivity index (χ0v) is 9.52. The van der Waals surface area contributed by atoms with E-state index in [2.05, 4.69) is 10.8 Å². The lowest BCUT2D eigenvalue weighted by Crippen LogP contribution is -2.37. The molecule has 2 aliphatic rings. The molecule has 0 bridgehead atoms. The molecule has 0 amide bonds. The van der Waals surface area contributed by atoms with Crippen LogP contribution in [0.2, 0.25) is 0 Å². The van der Waals surface area contributed by atoms with Gasteiger partial charge in [0, 0.05) is 18.8 Å². The fourth-order valence-corrected chi connectivity index (χ4v) is 2.86. The van der Waals surface area contributed by atoms with Crippen LogP contribution in [0.25, 0.3) is 0 Å². The van der Waals surface area contributed by atoms with Gasteiger partial charge in [-0.3, -0.25) is 4.79 Å². The average Bonchev–Trinajstić information content (AvgIpc) is 2.67. The standard InChI is InChI=1S/C12H13NO4/c1-17-11(16)10-7-2-3-9(15)12(7,6-13)5-4-8(10)14/h7,14H,2-5H2,1H3. The Kier molecular flexibility index (Phi) is 2.66. The third-order valence-corrected chi connectivity index (χ3v) is 3.77. The third-order valence-electron chi connectivity index (χ3n) is 3.77. The second-order valence-electron chi connectivity index (χ2n) is 4.45. The number of esters is 1. The number of carbonyl (C=O) groups is 2. The molecule has 0 aromatic heterocycles. The van der Waals surface area contributed by atoms with Crippen molar-refractivity contribution in [3.05, 3.63) is 11.3 Å². The van der Waals surface area contributed by atoms with E-state index in [0.29, 0.717) is 12.8 Å². The fraction of sp³-hybridized carbons (Fsp3) is 0.583. The highest BCUT2D eigenvalue weighted by atomic mass is 16.5. The Bertz CT molecular complexity index is 460. The lowest BCUT2D eigenvalue weighted by Gasteiger charge is -2.32. The molecule has 2 aliphatic carbocycles. The molecule has 0 heterocycles. The molecule has 17 heavy (non-hydrogen) atoms. The maximum absolute atomic E-state index is 11.8. The number of allylic oxidation sites excluding steroid dienone is 1. The lowest BCUT2D eigenvalue weighted by atomic mass is 9.67. The maximum Gasteiger partial charge on any atom is 0.337 e. The van der Waals surface area contributed by atoms with E-state index in [0.717, 1.165) is 0 Å². The predicted molar refractivity (Wildman–Crippen MR) is 56.7 cm³/mol. The van der Waals surface area contributed by atoms with Crippen LogP contribution in [-0.2, 0) is 14.3 Å². The van der Waals surface area contributed by atoms with E-state index in [9.17, 15) is 20.0 Å². The van der Waals surface area contributed by atoms with Crippen molar-refractivity contribution in [1.82, 2.24) is 0 Å². The van der Waals surface area contributed by atoms with Gasteiger partial charge in [0.25, 0.3) is 0 Å². The van der Waals surface area contributed by atoms with Crippen molar-refractivity contribution < 1.29 is 19.4 Å². The van der Waals surface area contributed by atoms with E-state index >= 15 is 0 Å². The summed E-state index contributed by atoms with van der Waals surface area (Å²) in [5, 5.41) is 19.0. The Balaban J connectivity index is 2.50. The maximum atomic E-state index is 11.8. The first-order valence-corrected chi connectivity index (χ1v) is 5.51. The molecule has 90 valence electrons. The Hall–Kier alpha value is -1.83. The Labute approximate surface area is 98.7 Å². The van der Waals surface area contributed by atoms with E-state index in [-0.39, 0.29) is 30.0 Å². The molecule has 0 aromatic rings. The van der Waals surface area contributed by atoms with Crippen molar-refractivity contribution in [1.29, 1.82) is 5.26 Å². The van der Waals surface area contributed by atoms with Crippen LogP contribution < -0.4 is 0 Å². The predicted octanol–water partition coefficient (Wildman–Crippen LogP) is 1.25. The molecule has 1 fully saturated rings. The summed E-state index contributed by atoms with van der Waals surface area (Å²) < 4.78 is 4.62. The number of fused-ring (bicyclic) bond motifs is 1. The summed E-state index contributed by atoms with van der Waals surface area (Å²) in [5.41, 5.74) is -1.01. The van der Waals surface area contributed by atoms with E-state index in [4.69, 9.17) is 0 Å². The fourth-order valence-electron chi connectivity index (χ4n) is 2.86. The number of hydrogen-bond acceptors (Lipinski definition) is 5. The van der Waals surface area contributed by atoms with Gasteiger partial charge < -0.3 is 9.84 Å². The van der Waals surface area contributed by atoms with Gasteiger partial charge in [0.15, 0.2) is 5.78 Å². The summed E-state index contributed by atoms with van der Waals surface area (Å²) in [6, 6.07) is 2.06. The molecular weight excluding hydrogens is 222 g/mol. The minimum Gasteiger partial charge on any atom is -0.512 e. The number of methoxy groups -OCH3 is 1. The summed E-state index contributed by atoms with van der Waals surface area (Å²) >= 11 is 0. The Morgan fingerprint density at radius 2 is 2.29 bits per heavy atom. The number of ether oxygens (including phenoxy) is 1. The molecule has 2 rings (SSSR count). The van der Waals surface area contributed by atoms with Gasteiger partial charge in [-0.1, -0.05) is 0 Å². The summed E-state index contributed by atoms with van der Waals surface area (Å²) in [7, 11) is 1.22. The minimum absolute atomic E-state index is 0.0394. The van der Waals surface area contributed by atoms with Gasteiger partial charge in [-0.15, -0.1) is 0 Å². The summed E-state index contributed by atoms with van der Waals surface area (Å²) in [6.07, 6.45) is 1.19. The van der Waals surface area contributed by atoms with Crippen LogP contribution in [0.1, 0.15) is 25.7 Å². The topological polar surface area (TPSA) is 87.4 Å². The van der Waals surface area contributed by atoms with Crippen LogP contribution in [0.15, 0.2) is 11.3 Å². The zero-order valence-electron chi connectivity index (χ0n) is 9.52. The van der Waals surface area contributed by atoms with Gasteiger partial charge in [0.1, 0.15) is 11.2 Å². The Morgan fingerprint density at radius 1 is 1.59 bits per heavy atom. The van der Waals surface area contributed by atoms with Gasteiger partial charge in [0.05, 0.1) is 18.8 Å². The third kappa shape index (κ3) is 1.44. The van der Waals surface area contributed by atoms with Gasteiger partial charge in [0.2, 0.25) is 0 Å². The average molecular weight is 235 g/mol. The highest BCUT2D eigenvalue weighted by Gasteiger charge is 2.55. The van der Waals surface area contributed by atoms with Gasteiger partial charge in [-0.05, 0) is 12.8 Å². The van der Waals surface area contributed by atoms with Crippen molar-refractivity contribution in [2.75, 3.05) is 7.11 Å².